The van der Waals surface area contributed by atoms with Crippen LogP contribution < -0.4 is 10.1 Å². The molecule has 220 valence electrons. The van der Waals surface area contributed by atoms with Crippen LogP contribution >= 0.6 is 0 Å². The first-order valence-corrected chi connectivity index (χ1v) is 11.6. The zero-order valence-corrected chi connectivity index (χ0v) is 21.1. The predicted octanol–water partition coefficient (Wildman–Crippen LogP) is 6.02. The molecule has 2 amide bonds. The normalized spacial score (nSPS) is 14.2. The summed E-state index contributed by atoms with van der Waals surface area (Å²) < 4.78 is 127. The number of pyridine rings is 1. The summed E-state index contributed by atoms with van der Waals surface area (Å²) in [7, 11) is 1.31. The molecule has 0 aliphatic heterocycles. The molecule has 0 aromatic carbocycles. The Morgan fingerprint density at radius 2 is 1.77 bits per heavy atom. The van der Waals surface area contributed by atoms with Gasteiger partial charge in [0.15, 0.2) is 11.7 Å². The minimum atomic E-state index is -5.35. The van der Waals surface area contributed by atoms with Crippen LogP contribution in [-0.4, -0.2) is 68.5 Å². The highest BCUT2D eigenvalue weighted by molar-refractivity contribution is 5.75. The van der Waals surface area contributed by atoms with Crippen molar-refractivity contribution < 1.29 is 49.0 Å². The number of imidazole rings is 1. The molecule has 3 heterocycles. The molecule has 0 aliphatic rings. The maximum atomic E-state index is 14.3. The van der Waals surface area contributed by atoms with Crippen LogP contribution in [0.15, 0.2) is 30.9 Å². The molecule has 17 heteroatoms. The number of ether oxygens (including phenoxy) is 1. The van der Waals surface area contributed by atoms with E-state index >= 15 is 0 Å². The van der Waals surface area contributed by atoms with E-state index in [2.05, 4.69) is 15.0 Å². The zero-order valence-electron chi connectivity index (χ0n) is 21.1. The van der Waals surface area contributed by atoms with Crippen molar-refractivity contribution >= 4 is 11.7 Å². The topological polar surface area (TPSA) is 84.7 Å². The molecule has 0 spiro atoms. The third kappa shape index (κ3) is 7.04. The van der Waals surface area contributed by atoms with E-state index in [1.165, 1.54) is 42.3 Å². The lowest BCUT2D eigenvalue weighted by Crippen LogP contribution is -2.53. The number of nitrogens with zero attached hydrogens (tertiary/aromatic N) is 5. The molecule has 0 saturated heterocycles. The maximum absolute atomic E-state index is 14.3. The van der Waals surface area contributed by atoms with Crippen molar-refractivity contribution in [2.45, 2.75) is 57.3 Å². The van der Waals surface area contributed by atoms with Crippen molar-refractivity contribution in [2.24, 2.45) is 0 Å². The number of rotatable bonds is 8. The Bertz CT molecular complexity index is 1340. The Kier molecular flexibility index (Phi) is 8.74. The number of urea groups is 1. The average Bonchev–Trinajstić information content (AvgIpc) is 3.31. The summed E-state index contributed by atoms with van der Waals surface area (Å²) in [6.45, 7) is 1.85. The second kappa shape index (κ2) is 11.4. The van der Waals surface area contributed by atoms with Gasteiger partial charge in [0, 0.05) is 43.3 Å². The van der Waals surface area contributed by atoms with Gasteiger partial charge in [-0.1, -0.05) is 0 Å². The predicted molar refractivity (Wildman–Crippen MR) is 122 cm³/mol. The summed E-state index contributed by atoms with van der Waals surface area (Å²) in [5.74, 6) is 0.0549. The summed E-state index contributed by atoms with van der Waals surface area (Å²) in [6, 6.07) is -6.76. The molecule has 0 fully saturated rings. The van der Waals surface area contributed by atoms with Gasteiger partial charge in [-0.2, -0.15) is 39.5 Å². The van der Waals surface area contributed by atoms with Crippen LogP contribution in [0.1, 0.15) is 37.1 Å². The summed E-state index contributed by atoms with van der Waals surface area (Å²) in [6.07, 6.45) is -13.6. The number of nitrogens with one attached hydrogen (secondary N) is 1. The molecule has 0 aliphatic carbocycles. The highest BCUT2D eigenvalue weighted by atomic mass is 19.4. The second-order valence-corrected chi connectivity index (χ2v) is 8.65. The third-order valence-corrected chi connectivity index (χ3v) is 5.85. The number of aryl methyl sites for hydroxylation is 1. The van der Waals surface area contributed by atoms with Crippen molar-refractivity contribution in [1.82, 2.24) is 29.6 Å². The van der Waals surface area contributed by atoms with Gasteiger partial charge in [-0.25, -0.2) is 14.8 Å². The van der Waals surface area contributed by atoms with Gasteiger partial charge in [-0.05, 0) is 31.9 Å². The summed E-state index contributed by atoms with van der Waals surface area (Å²) >= 11 is 0. The van der Waals surface area contributed by atoms with E-state index in [4.69, 9.17) is 4.74 Å². The number of amides is 2. The van der Waals surface area contributed by atoms with Crippen molar-refractivity contribution in [3.05, 3.63) is 42.1 Å². The Balaban J connectivity index is 2.03. The van der Waals surface area contributed by atoms with E-state index < -0.39 is 61.7 Å². The smallest absolute Gasteiger partial charge is 0.414 e. The molecule has 3 aromatic rings. The largest absolute Gasteiger partial charge is 0.478 e. The van der Waals surface area contributed by atoms with E-state index in [-0.39, 0.29) is 22.0 Å². The van der Waals surface area contributed by atoms with Gasteiger partial charge in [0.05, 0.1) is 18.5 Å². The molecule has 3 rings (SSSR count). The van der Waals surface area contributed by atoms with Gasteiger partial charge in [0.1, 0.15) is 6.04 Å². The number of fused-ring (bicyclic) bond motifs is 1. The van der Waals surface area contributed by atoms with Gasteiger partial charge in [-0.3, -0.25) is 4.98 Å². The van der Waals surface area contributed by atoms with Crippen LogP contribution in [0.5, 0.6) is 5.88 Å². The number of halogens is 9. The van der Waals surface area contributed by atoms with E-state index in [9.17, 15) is 44.3 Å². The number of alkyl halides is 9. The molecule has 0 saturated carbocycles. The van der Waals surface area contributed by atoms with Gasteiger partial charge >= 0.3 is 24.6 Å². The quantitative estimate of drug-likeness (QED) is 0.327. The Morgan fingerprint density at radius 3 is 2.33 bits per heavy atom. The molecule has 3 aromatic heterocycles. The lowest BCUT2D eigenvalue weighted by Gasteiger charge is -2.34. The summed E-state index contributed by atoms with van der Waals surface area (Å²) in [5, 5.41) is 1.29. The fourth-order valence-electron chi connectivity index (χ4n) is 3.94. The number of carbonyl (C=O) groups excluding carboxylic acids is 1. The summed E-state index contributed by atoms with van der Waals surface area (Å²) in [4.78, 5) is 24.9. The fraction of sp³-hybridized carbons (Fsp3) is 0.478. The maximum Gasteiger partial charge on any atom is 0.414 e. The fourth-order valence-corrected chi connectivity index (χ4v) is 3.94. The van der Waals surface area contributed by atoms with E-state index in [0.717, 1.165) is 19.2 Å². The van der Waals surface area contributed by atoms with Crippen molar-refractivity contribution in [3.63, 3.8) is 0 Å². The average molecular weight is 586 g/mol. The molecule has 0 unspecified atom stereocenters. The van der Waals surface area contributed by atoms with Crippen LogP contribution in [0, 0.1) is 6.92 Å². The van der Waals surface area contributed by atoms with Crippen LogP contribution in [0.25, 0.3) is 16.9 Å². The van der Waals surface area contributed by atoms with E-state index in [0.29, 0.717) is 11.2 Å². The Hall–Kier alpha value is -3.79. The molecule has 1 N–H and O–H groups in total. The number of aromatic nitrogens is 4. The summed E-state index contributed by atoms with van der Waals surface area (Å²) in [5.41, 5.74) is 0.222. The molecular formula is C23H23F9N6O2. The first-order valence-electron chi connectivity index (χ1n) is 11.6. The van der Waals surface area contributed by atoms with Gasteiger partial charge in [0.25, 0.3) is 5.88 Å². The number of hydrogen-bond acceptors (Lipinski definition) is 5. The zero-order chi connectivity index (χ0) is 30.0. The van der Waals surface area contributed by atoms with Gasteiger partial charge in [-0.15, -0.1) is 0 Å². The van der Waals surface area contributed by atoms with Crippen LogP contribution in [0.3, 0.4) is 0 Å². The Morgan fingerprint density at radius 1 is 1.10 bits per heavy atom. The minimum Gasteiger partial charge on any atom is -0.478 e. The monoisotopic (exact) mass is 586 g/mol. The number of hydrogen-bond donors (Lipinski definition) is 1. The SMILES string of the molecule is CCN(C(=O)N[C@@H](CCC(F)(F)F)C(F)(F)F)[C@@H](c1cc(-c2cn3ccnc3c(OC)n2)c(C)cn1)C(F)(F)F. The minimum absolute atomic E-state index is 0.0286. The highest BCUT2D eigenvalue weighted by Crippen LogP contribution is 2.39. The van der Waals surface area contributed by atoms with Crippen LogP contribution in [0.4, 0.5) is 44.3 Å². The molecule has 0 radical (unpaired) electrons. The van der Waals surface area contributed by atoms with Gasteiger partial charge in [0.2, 0.25) is 0 Å². The highest BCUT2D eigenvalue weighted by Gasteiger charge is 2.49. The number of methoxy groups -OCH3 is 1. The molecule has 0 bridgehead atoms. The second-order valence-electron chi connectivity index (χ2n) is 8.65. The van der Waals surface area contributed by atoms with E-state index in [1.807, 2.05) is 0 Å². The molecule has 8 nitrogen and oxygen atoms in total. The van der Waals surface area contributed by atoms with Crippen LogP contribution in [-0.2, 0) is 0 Å². The number of carbonyl (C=O) groups is 1. The standard InChI is InChI=1S/C23H23F9N6O2/c1-4-38(20(39)36-16(22(27,28)29)5-6-21(24,25)26)17(23(30,31)32)14-9-13(12(2)10-34-14)15-11-37-8-7-33-18(37)19(35-15)40-3/h7-11,16-17H,4-6H2,1-3H3,(H,36,39)/t16-,17-/m0/s1. The first-order chi connectivity index (χ1) is 18.5. The van der Waals surface area contributed by atoms with E-state index in [1.54, 1.807) is 0 Å². The lowest BCUT2D eigenvalue weighted by molar-refractivity contribution is -0.182. The third-order valence-electron chi connectivity index (χ3n) is 5.85. The van der Waals surface area contributed by atoms with Crippen molar-refractivity contribution in [1.29, 1.82) is 0 Å². The van der Waals surface area contributed by atoms with Crippen molar-refractivity contribution in [2.75, 3.05) is 13.7 Å². The first kappa shape index (κ1) is 30.7. The van der Waals surface area contributed by atoms with Crippen LogP contribution in [0.2, 0.25) is 0 Å². The Labute approximate surface area is 221 Å². The molecule has 2 atom stereocenters. The lowest BCUT2D eigenvalue weighted by atomic mass is 10.0. The molecular weight excluding hydrogens is 563 g/mol. The van der Waals surface area contributed by atoms with Crippen molar-refractivity contribution in [3.8, 4) is 17.1 Å². The molecule has 40 heavy (non-hydrogen) atoms. The van der Waals surface area contributed by atoms with Gasteiger partial charge < -0.3 is 19.4 Å².